The lowest BCUT2D eigenvalue weighted by Gasteiger charge is -2.34. The molecule has 0 spiro atoms. The molecule has 0 aromatic carbocycles. The number of urea groups is 1. The van der Waals surface area contributed by atoms with Gasteiger partial charge in [-0.1, -0.05) is 11.3 Å². The first-order chi connectivity index (χ1) is 11.9. The SMILES string of the molecule is O=C(NCCn1ccnc1)N1CCN(c2nnc(C(F)(F)F)s2)CC1. The highest BCUT2D eigenvalue weighted by Crippen LogP contribution is 2.34. The number of alkyl halides is 3. The van der Waals surface area contributed by atoms with Crippen LogP contribution in [0.5, 0.6) is 0 Å². The number of rotatable bonds is 4. The summed E-state index contributed by atoms with van der Waals surface area (Å²) in [4.78, 5) is 19.4. The molecule has 1 N–H and O–H groups in total. The Balaban J connectivity index is 1.45. The van der Waals surface area contributed by atoms with Crippen LogP contribution in [0.15, 0.2) is 18.7 Å². The number of imidazole rings is 1. The molecular formula is C13H16F3N7OS. The molecule has 2 aromatic rings. The Morgan fingerprint density at radius 1 is 1.24 bits per heavy atom. The van der Waals surface area contributed by atoms with Gasteiger partial charge in [-0.05, 0) is 0 Å². The Bertz CT molecular complexity index is 695. The topological polar surface area (TPSA) is 79.2 Å². The fourth-order valence-corrected chi connectivity index (χ4v) is 3.15. The molecule has 2 amide bonds. The number of halogens is 3. The Labute approximate surface area is 145 Å². The predicted octanol–water partition coefficient (Wildman–Crippen LogP) is 1.29. The van der Waals surface area contributed by atoms with Gasteiger partial charge < -0.3 is 19.7 Å². The zero-order valence-corrected chi connectivity index (χ0v) is 13.9. The summed E-state index contributed by atoms with van der Waals surface area (Å²) in [6.45, 7) is 2.76. The van der Waals surface area contributed by atoms with Crippen LogP contribution in [-0.4, -0.2) is 63.4 Å². The standard InChI is InChI=1S/C13H16F3N7OS/c14-13(15,16)10-19-20-12(25-10)23-7-5-22(6-8-23)11(24)18-2-4-21-3-1-17-9-21/h1,3,9H,2,4-8H2,(H,18,24). The maximum absolute atomic E-state index is 12.6. The van der Waals surface area contributed by atoms with Crippen molar-refractivity contribution in [1.29, 1.82) is 0 Å². The van der Waals surface area contributed by atoms with E-state index in [1.54, 1.807) is 22.3 Å². The van der Waals surface area contributed by atoms with Crippen molar-refractivity contribution in [3.05, 3.63) is 23.7 Å². The van der Waals surface area contributed by atoms with Crippen LogP contribution in [0, 0.1) is 0 Å². The highest BCUT2D eigenvalue weighted by molar-refractivity contribution is 7.15. The second-order valence-corrected chi connectivity index (χ2v) is 6.35. The first kappa shape index (κ1) is 17.5. The van der Waals surface area contributed by atoms with E-state index in [0.717, 1.165) is 0 Å². The third-order valence-corrected chi connectivity index (χ3v) is 4.73. The molecule has 25 heavy (non-hydrogen) atoms. The number of carbonyl (C=O) groups excluding carboxylic acids is 1. The highest BCUT2D eigenvalue weighted by Gasteiger charge is 2.36. The number of nitrogens with zero attached hydrogens (tertiary/aromatic N) is 6. The lowest BCUT2D eigenvalue weighted by molar-refractivity contribution is -0.138. The first-order valence-corrected chi connectivity index (χ1v) is 8.39. The van der Waals surface area contributed by atoms with Crippen LogP contribution in [0.25, 0.3) is 0 Å². The molecule has 0 atom stereocenters. The molecular weight excluding hydrogens is 359 g/mol. The fraction of sp³-hybridized carbons (Fsp3) is 0.538. The van der Waals surface area contributed by atoms with Crippen molar-refractivity contribution in [3.8, 4) is 0 Å². The van der Waals surface area contributed by atoms with E-state index in [4.69, 9.17) is 0 Å². The largest absolute Gasteiger partial charge is 0.445 e. The van der Waals surface area contributed by atoms with E-state index in [0.29, 0.717) is 50.6 Å². The molecule has 8 nitrogen and oxygen atoms in total. The number of hydrogen-bond donors (Lipinski definition) is 1. The van der Waals surface area contributed by atoms with Crippen molar-refractivity contribution in [1.82, 2.24) is 30.0 Å². The summed E-state index contributed by atoms with van der Waals surface area (Å²) in [5, 5.41) is 8.87. The van der Waals surface area contributed by atoms with Gasteiger partial charge in [-0.25, -0.2) is 9.78 Å². The van der Waals surface area contributed by atoms with Crippen LogP contribution in [0.4, 0.5) is 23.1 Å². The van der Waals surface area contributed by atoms with E-state index in [2.05, 4.69) is 20.5 Å². The molecule has 0 bridgehead atoms. The molecule has 3 heterocycles. The second kappa shape index (κ2) is 7.25. The summed E-state index contributed by atoms with van der Waals surface area (Å²) in [6, 6.07) is -0.187. The lowest BCUT2D eigenvalue weighted by Crippen LogP contribution is -2.52. The summed E-state index contributed by atoms with van der Waals surface area (Å²) in [5.41, 5.74) is 0. The van der Waals surface area contributed by atoms with Crippen molar-refractivity contribution in [2.75, 3.05) is 37.6 Å². The Morgan fingerprint density at radius 2 is 2.00 bits per heavy atom. The van der Waals surface area contributed by atoms with Crippen molar-refractivity contribution in [2.45, 2.75) is 12.7 Å². The number of hydrogen-bond acceptors (Lipinski definition) is 6. The van der Waals surface area contributed by atoms with Gasteiger partial charge in [-0.2, -0.15) is 13.2 Å². The molecule has 0 saturated carbocycles. The van der Waals surface area contributed by atoms with Crippen molar-refractivity contribution in [2.24, 2.45) is 0 Å². The minimum atomic E-state index is -4.48. The molecule has 3 rings (SSSR count). The van der Waals surface area contributed by atoms with E-state index in [-0.39, 0.29) is 11.2 Å². The maximum atomic E-state index is 12.6. The Morgan fingerprint density at radius 3 is 2.60 bits per heavy atom. The van der Waals surface area contributed by atoms with Crippen LogP contribution in [0.2, 0.25) is 0 Å². The molecule has 0 radical (unpaired) electrons. The molecule has 136 valence electrons. The zero-order valence-electron chi connectivity index (χ0n) is 13.1. The van der Waals surface area contributed by atoms with E-state index in [9.17, 15) is 18.0 Å². The summed E-state index contributed by atoms with van der Waals surface area (Å²) in [6.07, 6.45) is 0.663. The molecule has 2 aromatic heterocycles. The molecule has 1 aliphatic rings. The molecule has 1 aliphatic heterocycles. The summed E-state index contributed by atoms with van der Waals surface area (Å²) >= 11 is 0.519. The van der Waals surface area contributed by atoms with Gasteiger partial charge in [-0.3, -0.25) is 0 Å². The van der Waals surface area contributed by atoms with Gasteiger partial charge in [0.15, 0.2) is 0 Å². The minimum Gasteiger partial charge on any atom is -0.343 e. The average Bonchev–Trinajstić information content (AvgIpc) is 3.26. The Kier molecular flexibility index (Phi) is 5.06. The monoisotopic (exact) mass is 375 g/mol. The van der Waals surface area contributed by atoms with Gasteiger partial charge >= 0.3 is 12.2 Å². The van der Waals surface area contributed by atoms with Gasteiger partial charge in [0, 0.05) is 51.7 Å². The molecule has 1 fully saturated rings. The first-order valence-electron chi connectivity index (χ1n) is 7.57. The number of amides is 2. The minimum absolute atomic E-state index is 0.187. The third kappa shape index (κ3) is 4.38. The molecule has 0 aliphatic carbocycles. The number of piperazine rings is 1. The van der Waals surface area contributed by atoms with Crippen LogP contribution in [0.1, 0.15) is 5.01 Å². The maximum Gasteiger partial charge on any atom is 0.445 e. The number of carbonyl (C=O) groups is 1. The predicted molar refractivity (Wildman–Crippen MR) is 84.3 cm³/mol. The van der Waals surface area contributed by atoms with Gasteiger partial charge in [0.05, 0.1) is 6.33 Å². The van der Waals surface area contributed by atoms with E-state index < -0.39 is 11.2 Å². The lowest BCUT2D eigenvalue weighted by atomic mass is 10.3. The van der Waals surface area contributed by atoms with Gasteiger partial charge in [0.2, 0.25) is 10.1 Å². The third-order valence-electron chi connectivity index (χ3n) is 3.70. The van der Waals surface area contributed by atoms with E-state index in [1.165, 1.54) is 0 Å². The molecule has 0 unspecified atom stereocenters. The molecule has 1 saturated heterocycles. The number of aromatic nitrogens is 4. The van der Waals surface area contributed by atoms with Crippen LogP contribution in [-0.2, 0) is 12.7 Å². The number of nitrogens with one attached hydrogen (secondary N) is 1. The average molecular weight is 375 g/mol. The zero-order chi connectivity index (χ0) is 17.9. The summed E-state index contributed by atoms with van der Waals surface area (Å²) < 4.78 is 39.6. The second-order valence-electron chi connectivity index (χ2n) is 5.39. The van der Waals surface area contributed by atoms with E-state index >= 15 is 0 Å². The Hall–Kier alpha value is -2.37. The normalized spacial score (nSPS) is 15.5. The van der Waals surface area contributed by atoms with Crippen molar-refractivity contribution < 1.29 is 18.0 Å². The van der Waals surface area contributed by atoms with Crippen LogP contribution >= 0.6 is 11.3 Å². The highest BCUT2D eigenvalue weighted by atomic mass is 32.1. The fourth-order valence-electron chi connectivity index (χ4n) is 2.38. The van der Waals surface area contributed by atoms with Gasteiger partial charge in [0.25, 0.3) is 0 Å². The summed E-state index contributed by atoms with van der Waals surface area (Å²) in [7, 11) is 0. The number of anilines is 1. The van der Waals surface area contributed by atoms with Gasteiger partial charge in [-0.15, -0.1) is 10.2 Å². The van der Waals surface area contributed by atoms with Crippen LogP contribution < -0.4 is 10.2 Å². The van der Waals surface area contributed by atoms with Crippen LogP contribution in [0.3, 0.4) is 0 Å². The quantitative estimate of drug-likeness (QED) is 0.871. The summed E-state index contributed by atoms with van der Waals surface area (Å²) in [5.74, 6) is 0. The van der Waals surface area contributed by atoms with Crippen molar-refractivity contribution in [3.63, 3.8) is 0 Å². The van der Waals surface area contributed by atoms with E-state index in [1.807, 2.05) is 10.8 Å². The molecule has 12 heteroatoms. The van der Waals surface area contributed by atoms with Crippen molar-refractivity contribution >= 4 is 22.5 Å². The smallest absolute Gasteiger partial charge is 0.343 e. The van der Waals surface area contributed by atoms with Gasteiger partial charge in [0.1, 0.15) is 0 Å².